The summed E-state index contributed by atoms with van der Waals surface area (Å²) in [6, 6.07) is 10.6. The smallest absolute Gasteiger partial charge is 0.229 e. The van der Waals surface area contributed by atoms with E-state index in [9.17, 15) is 17.6 Å². The lowest BCUT2D eigenvalue weighted by Gasteiger charge is -2.29. The molecule has 2 heterocycles. The molecular formula is C23H26FN3O4S3. The number of nitrogens with zero attached hydrogens (tertiary/aromatic N) is 3. The lowest BCUT2D eigenvalue weighted by molar-refractivity contribution is -0.118. The summed E-state index contributed by atoms with van der Waals surface area (Å²) in [6.45, 7) is 3.94. The predicted octanol–water partition coefficient (Wildman–Crippen LogP) is 3.69. The SMILES string of the molecule is CSc1ccc2nc(N(CCN3CCOCC3)C(=O)CCS(=O)(=O)c3ccc(F)cc3)sc2c1. The van der Waals surface area contributed by atoms with Crippen molar-refractivity contribution >= 4 is 54.2 Å². The fraction of sp³-hybridized carbons (Fsp3) is 0.391. The molecule has 34 heavy (non-hydrogen) atoms. The molecule has 11 heteroatoms. The topological polar surface area (TPSA) is 79.8 Å². The summed E-state index contributed by atoms with van der Waals surface area (Å²) < 4.78 is 44.9. The minimum Gasteiger partial charge on any atom is -0.379 e. The van der Waals surface area contributed by atoms with Gasteiger partial charge in [0, 0.05) is 37.5 Å². The van der Waals surface area contributed by atoms with Gasteiger partial charge in [-0.3, -0.25) is 14.6 Å². The van der Waals surface area contributed by atoms with Gasteiger partial charge in [0.1, 0.15) is 5.82 Å². The van der Waals surface area contributed by atoms with E-state index in [4.69, 9.17) is 4.74 Å². The molecule has 7 nitrogen and oxygen atoms in total. The van der Waals surface area contributed by atoms with Gasteiger partial charge in [0.05, 0.1) is 34.1 Å². The molecule has 0 radical (unpaired) electrons. The number of carbonyl (C=O) groups excluding carboxylic acids is 1. The molecule has 4 rings (SSSR count). The number of hydrogen-bond acceptors (Lipinski definition) is 8. The van der Waals surface area contributed by atoms with Crippen LogP contribution < -0.4 is 4.90 Å². The Labute approximate surface area is 206 Å². The second kappa shape index (κ2) is 11.1. The number of rotatable bonds is 9. The number of ether oxygens (including phenoxy) is 1. The highest BCUT2D eigenvalue weighted by molar-refractivity contribution is 7.98. The van der Waals surface area contributed by atoms with Crippen LogP contribution in [0.25, 0.3) is 10.2 Å². The van der Waals surface area contributed by atoms with Crippen LogP contribution in [0.15, 0.2) is 52.3 Å². The maximum Gasteiger partial charge on any atom is 0.229 e. The van der Waals surface area contributed by atoms with E-state index in [0.29, 0.717) is 31.4 Å². The van der Waals surface area contributed by atoms with Gasteiger partial charge in [0.15, 0.2) is 15.0 Å². The second-order valence-electron chi connectivity index (χ2n) is 7.85. The predicted molar refractivity (Wildman–Crippen MR) is 134 cm³/mol. The summed E-state index contributed by atoms with van der Waals surface area (Å²) in [4.78, 5) is 22.9. The molecule has 1 fully saturated rings. The van der Waals surface area contributed by atoms with Crippen molar-refractivity contribution in [2.24, 2.45) is 0 Å². The molecule has 182 valence electrons. The van der Waals surface area contributed by atoms with E-state index >= 15 is 0 Å². The molecule has 0 saturated carbocycles. The van der Waals surface area contributed by atoms with Gasteiger partial charge >= 0.3 is 0 Å². The molecule has 1 aromatic heterocycles. The van der Waals surface area contributed by atoms with Crippen LogP contribution in [-0.2, 0) is 19.4 Å². The van der Waals surface area contributed by atoms with Gasteiger partial charge in [-0.05, 0) is 48.7 Å². The Morgan fingerprint density at radius 1 is 1.21 bits per heavy atom. The standard InChI is InChI=1S/C23H26FN3O4S3/c1-32-18-4-7-20-21(16-18)33-23(25-20)27(10-9-26-11-13-31-14-12-26)22(28)8-15-34(29,30)19-5-2-17(24)3-6-19/h2-7,16H,8-15H2,1H3. The Bertz CT molecular complexity index is 1240. The van der Waals surface area contributed by atoms with Crippen LogP contribution in [0.4, 0.5) is 9.52 Å². The van der Waals surface area contributed by atoms with Crippen molar-refractivity contribution in [3.8, 4) is 0 Å². The lowest BCUT2D eigenvalue weighted by atomic mass is 10.3. The van der Waals surface area contributed by atoms with Gasteiger partial charge in [-0.15, -0.1) is 11.8 Å². The number of amides is 1. The molecule has 2 aromatic carbocycles. The summed E-state index contributed by atoms with van der Waals surface area (Å²) >= 11 is 3.06. The van der Waals surface area contributed by atoms with Crippen molar-refractivity contribution in [1.82, 2.24) is 9.88 Å². The van der Waals surface area contributed by atoms with Crippen LogP contribution in [0, 0.1) is 5.82 Å². The molecule has 0 N–H and O–H groups in total. The van der Waals surface area contributed by atoms with Crippen molar-refractivity contribution in [2.75, 3.05) is 56.3 Å². The van der Waals surface area contributed by atoms with E-state index < -0.39 is 15.7 Å². The van der Waals surface area contributed by atoms with Gasteiger partial charge in [-0.1, -0.05) is 11.3 Å². The second-order valence-corrected chi connectivity index (χ2v) is 11.9. The zero-order valence-electron chi connectivity index (χ0n) is 18.8. The number of aromatic nitrogens is 1. The molecule has 1 aliphatic rings. The average molecular weight is 524 g/mol. The number of hydrogen-bond donors (Lipinski definition) is 0. The Balaban J connectivity index is 1.52. The summed E-state index contributed by atoms with van der Waals surface area (Å²) in [7, 11) is -3.72. The Morgan fingerprint density at radius 2 is 1.94 bits per heavy atom. The zero-order valence-corrected chi connectivity index (χ0v) is 21.2. The molecule has 1 amide bonds. The highest BCUT2D eigenvalue weighted by Crippen LogP contribution is 2.32. The van der Waals surface area contributed by atoms with Crippen molar-refractivity contribution in [3.05, 3.63) is 48.3 Å². The molecule has 0 unspecified atom stereocenters. The van der Waals surface area contributed by atoms with E-state index in [1.807, 2.05) is 24.5 Å². The number of fused-ring (bicyclic) bond motifs is 1. The third-order valence-corrected chi connectivity index (χ3v) is 9.12. The van der Waals surface area contributed by atoms with E-state index in [1.54, 1.807) is 16.7 Å². The quantitative estimate of drug-likeness (QED) is 0.313. The summed E-state index contributed by atoms with van der Waals surface area (Å²) in [5.41, 5.74) is 0.806. The van der Waals surface area contributed by atoms with Gasteiger partial charge in [0.25, 0.3) is 0 Å². The van der Waals surface area contributed by atoms with Crippen LogP contribution in [0.2, 0.25) is 0 Å². The molecule has 0 spiro atoms. The van der Waals surface area contributed by atoms with Gasteiger partial charge in [0.2, 0.25) is 5.91 Å². The van der Waals surface area contributed by atoms with E-state index in [2.05, 4.69) is 9.88 Å². The summed E-state index contributed by atoms with van der Waals surface area (Å²) in [5.74, 6) is -1.17. The Morgan fingerprint density at radius 3 is 2.65 bits per heavy atom. The van der Waals surface area contributed by atoms with E-state index in [1.165, 1.54) is 23.5 Å². The van der Waals surface area contributed by atoms with Crippen LogP contribution in [0.3, 0.4) is 0 Å². The third-order valence-electron chi connectivity index (χ3n) is 5.62. The van der Waals surface area contributed by atoms with Gasteiger partial charge in [-0.2, -0.15) is 0 Å². The van der Waals surface area contributed by atoms with Crippen LogP contribution in [0.5, 0.6) is 0 Å². The minimum absolute atomic E-state index is 0.00569. The normalized spacial score (nSPS) is 15.0. The Hall–Kier alpha value is -2.05. The molecule has 0 aliphatic carbocycles. The highest BCUT2D eigenvalue weighted by Gasteiger charge is 2.24. The van der Waals surface area contributed by atoms with Crippen molar-refractivity contribution in [3.63, 3.8) is 0 Å². The number of halogens is 1. The first-order chi connectivity index (χ1) is 16.4. The van der Waals surface area contributed by atoms with Crippen molar-refractivity contribution in [1.29, 1.82) is 0 Å². The fourth-order valence-corrected chi connectivity index (χ4v) is 6.44. The number of thiazole rings is 1. The molecular weight excluding hydrogens is 497 g/mol. The van der Waals surface area contributed by atoms with Gasteiger partial charge < -0.3 is 4.74 Å². The monoisotopic (exact) mass is 523 g/mol. The van der Waals surface area contributed by atoms with Crippen molar-refractivity contribution in [2.45, 2.75) is 16.2 Å². The molecule has 0 bridgehead atoms. The molecule has 0 atom stereocenters. The first-order valence-corrected chi connectivity index (χ1v) is 14.6. The number of thioether (sulfide) groups is 1. The largest absolute Gasteiger partial charge is 0.379 e. The summed E-state index contributed by atoms with van der Waals surface area (Å²) in [5, 5.41) is 0.561. The minimum atomic E-state index is -3.72. The summed E-state index contributed by atoms with van der Waals surface area (Å²) in [6.07, 6.45) is 1.82. The highest BCUT2D eigenvalue weighted by atomic mass is 32.2. The van der Waals surface area contributed by atoms with Crippen LogP contribution in [0.1, 0.15) is 6.42 Å². The first-order valence-electron chi connectivity index (χ1n) is 10.9. The zero-order chi connectivity index (χ0) is 24.1. The first kappa shape index (κ1) is 25.1. The number of sulfone groups is 1. The maximum atomic E-state index is 13.3. The maximum absolute atomic E-state index is 13.3. The van der Waals surface area contributed by atoms with E-state index in [0.717, 1.165) is 40.3 Å². The van der Waals surface area contributed by atoms with Crippen LogP contribution in [-0.4, -0.2) is 75.6 Å². The molecule has 3 aromatic rings. The van der Waals surface area contributed by atoms with E-state index in [-0.39, 0.29) is 23.0 Å². The van der Waals surface area contributed by atoms with Crippen LogP contribution >= 0.6 is 23.1 Å². The number of anilines is 1. The Kier molecular flexibility index (Phi) is 8.20. The molecule has 1 saturated heterocycles. The fourth-order valence-electron chi connectivity index (χ4n) is 3.64. The average Bonchev–Trinajstić information content (AvgIpc) is 3.26. The molecule has 1 aliphatic heterocycles. The lowest BCUT2D eigenvalue weighted by Crippen LogP contribution is -2.43. The van der Waals surface area contributed by atoms with Crippen molar-refractivity contribution < 1.29 is 22.3 Å². The number of benzene rings is 2. The number of morpholine rings is 1. The number of carbonyl (C=O) groups is 1. The third kappa shape index (κ3) is 6.14. The van der Waals surface area contributed by atoms with Gasteiger partial charge in [-0.25, -0.2) is 17.8 Å².